The lowest BCUT2D eigenvalue weighted by atomic mass is 9.93. The van der Waals surface area contributed by atoms with Gasteiger partial charge in [0.15, 0.2) is 0 Å². The first kappa shape index (κ1) is 12.4. The average Bonchev–Trinajstić information content (AvgIpc) is 2.22. The first-order chi connectivity index (χ1) is 7.97. The van der Waals surface area contributed by atoms with Crippen LogP contribution < -0.4 is 5.32 Å². The molecule has 4 nitrogen and oxygen atoms in total. The second kappa shape index (κ2) is 4.66. The van der Waals surface area contributed by atoms with Crippen molar-refractivity contribution in [2.75, 3.05) is 0 Å². The van der Waals surface area contributed by atoms with E-state index in [9.17, 15) is 13.2 Å². The van der Waals surface area contributed by atoms with Crippen LogP contribution in [-0.4, -0.2) is 20.4 Å². The second-order valence-corrected chi connectivity index (χ2v) is 6.63. The van der Waals surface area contributed by atoms with Crippen molar-refractivity contribution in [3.63, 3.8) is 0 Å². The van der Waals surface area contributed by atoms with Gasteiger partial charge in [-0.2, -0.15) is 0 Å². The van der Waals surface area contributed by atoms with Crippen LogP contribution >= 0.6 is 10.7 Å². The lowest BCUT2D eigenvalue weighted by molar-refractivity contribution is 0.0917. The molecule has 17 heavy (non-hydrogen) atoms. The Labute approximate surface area is 104 Å². The molecule has 0 radical (unpaired) electrons. The third-order valence-corrected chi connectivity index (χ3v) is 4.17. The van der Waals surface area contributed by atoms with Gasteiger partial charge in [0.2, 0.25) is 0 Å². The maximum absolute atomic E-state index is 11.8. The molecular formula is C11H12ClNO3S. The van der Waals surface area contributed by atoms with Gasteiger partial charge in [-0.15, -0.1) is 0 Å². The van der Waals surface area contributed by atoms with Crippen molar-refractivity contribution >= 4 is 25.6 Å². The number of carbonyl (C=O) groups excluding carboxylic acids is 1. The summed E-state index contributed by atoms with van der Waals surface area (Å²) in [5.74, 6) is -0.253. The summed E-state index contributed by atoms with van der Waals surface area (Å²) in [7, 11) is 1.43. The van der Waals surface area contributed by atoms with Gasteiger partial charge in [0, 0.05) is 22.3 Å². The van der Waals surface area contributed by atoms with Crippen LogP contribution in [0.1, 0.15) is 29.6 Å². The maximum atomic E-state index is 11.8. The van der Waals surface area contributed by atoms with Crippen LogP contribution in [-0.2, 0) is 9.05 Å². The summed E-state index contributed by atoms with van der Waals surface area (Å²) >= 11 is 0. The number of carbonyl (C=O) groups is 1. The van der Waals surface area contributed by atoms with E-state index in [2.05, 4.69) is 5.32 Å². The average molecular weight is 274 g/mol. The van der Waals surface area contributed by atoms with Crippen molar-refractivity contribution in [2.45, 2.75) is 30.2 Å². The summed E-state index contributed by atoms with van der Waals surface area (Å²) in [6.45, 7) is 0. The molecule has 1 aliphatic carbocycles. The smallest absolute Gasteiger partial charge is 0.261 e. The molecule has 2 rings (SSSR count). The van der Waals surface area contributed by atoms with E-state index in [4.69, 9.17) is 10.7 Å². The van der Waals surface area contributed by atoms with Gasteiger partial charge in [-0.1, -0.05) is 6.07 Å². The Kier molecular flexibility index (Phi) is 3.40. The first-order valence-electron chi connectivity index (χ1n) is 5.32. The first-order valence-corrected chi connectivity index (χ1v) is 7.63. The lowest BCUT2D eigenvalue weighted by Crippen LogP contribution is -2.39. The summed E-state index contributed by atoms with van der Waals surface area (Å²) in [5.41, 5.74) is 0.318. The van der Waals surface area contributed by atoms with Crippen LogP contribution in [0.5, 0.6) is 0 Å². The normalized spacial score (nSPS) is 16.3. The predicted molar refractivity (Wildman–Crippen MR) is 64.6 cm³/mol. The van der Waals surface area contributed by atoms with E-state index in [1.54, 1.807) is 6.07 Å². The molecule has 0 atom stereocenters. The number of nitrogens with one attached hydrogen (secondary N) is 1. The van der Waals surface area contributed by atoms with Gasteiger partial charge in [0.25, 0.3) is 15.0 Å². The molecule has 1 aromatic carbocycles. The number of hydrogen-bond acceptors (Lipinski definition) is 3. The predicted octanol–water partition coefficient (Wildman–Crippen LogP) is 1.90. The topological polar surface area (TPSA) is 63.2 Å². The van der Waals surface area contributed by atoms with Crippen molar-refractivity contribution in [2.24, 2.45) is 0 Å². The molecule has 0 bridgehead atoms. The highest BCUT2D eigenvalue weighted by molar-refractivity contribution is 8.13. The lowest BCUT2D eigenvalue weighted by Gasteiger charge is -2.26. The minimum absolute atomic E-state index is 0.0552. The zero-order valence-corrected chi connectivity index (χ0v) is 10.6. The Morgan fingerprint density at radius 1 is 1.35 bits per heavy atom. The molecule has 1 fully saturated rings. The Balaban J connectivity index is 2.17. The van der Waals surface area contributed by atoms with Crippen LogP contribution in [0.15, 0.2) is 29.2 Å². The van der Waals surface area contributed by atoms with E-state index in [0.29, 0.717) is 5.56 Å². The third-order valence-electron chi connectivity index (χ3n) is 2.82. The van der Waals surface area contributed by atoms with Gasteiger partial charge in [0.05, 0.1) is 4.90 Å². The van der Waals surface area contributed by atoms with Crippen LogP contribution in [0.25, 0.3) is 0 Å². The highest BCUT2D eigenvalue weighted by Crippen LogP contribution is 2.20. The highest BCUT2D eigenvalue weighted by atomic mass is 35.7. The Morgan fingerprint density at radius 2 is 2.06 bits per heavy atom. The zero-order chi connectivity index (χ0) is 12.5. The van der Waals surface area contributed by atoms with Crippen molar-refractivity contribution in [1.29, 1.82) is 0 Å². The van der Waals surface area contributed by atoms with Crippen LogP contribution in [0.2, 0.25) is 0 Å². The molecule has 1 amide bonds. The largest absolute Gasteiger partial charge is 0.349 e. The zero-order valence-electron chi connectivity index (χ0n) is 9.02. The minimum Gasteiger partial charge on any atom is -0.349 e. The van der Waals surface area contributed by atoms with E-state index in [1.165, 1.54) is 18.2 Å². The Hall–Kier alpha value is -1.07. The molecule has 0 unspecified atom stereocenters. The molecule has 0 saturated heterocycles. The number of amides is 1. The summed E-state index contributed by atoms with van der Waals surface area (Å²) in [4.78, 5) is 11.7. The molecule has 0 aliphatic heterocycles. The molecule has 0 spiro atoms. The summed E-state index contributed by atoms with van der Waals surface area (Å²) in [6, 6.07) is 5.95. The molecule has 1 saturated carbocycles. The summed E-state index contributed by atoms with van der Waals surface area (Å²) in [6.07, 6.45) is 3.10. The van der Waals surface area contributed by atoms with Gasteiger partial charge in [0.1, 0.15) is 0 Å². The van der Waals surface area contributed by atoms with Crippen molar-refractivity contribution in [1.82, 2.24) is 5.32 Å². The molecule has 0 heterocycles. The van der Waals surface area contributed by atoms with Crippen molar-refractivity contribution < 1.29 is 13.2 Å². The minimum atomic E-state index is -3.79. The fraction of sp³-hybridized carbons (Fsp3) is 0.364. The van der Waals surface area contributed by atoms with E-state index >= 15 is 0 Å². The molecule has 1 N–H and O–H groups in total. The van der Waals surface area contributed by atoms with Crippen LogP contribution in [0, 0.1) is 0 Å². The van der Waals surface area contributed by atoms with Crippen molar-refractivity contribution in [3.8, 4) is 0 Å². The van der Waals surface area contributed by atoms with Gasteiger partial charge in [-0.3, -0.25) is 4.79 Å². The highest BCUT2D eigenvalue weighted by Gasteiger charge is 2.20. The van der Waals surface area contributed by atoms with Gasteiger partial charge >= 0.3 is 0 Å². The Bertz CT molecular complexity index is 537. The quantitative estimate of drug-likeness (QED) is 0.856. The van der Waals surface area contributed by atoms with Gasteiger partial charge in [-0.05, 0) is 37.5 Å². The fourth-order valence-electron chi connectivity index (χ4n) is 1.61. The molecule has 92 valence electrons. The number of hydrogen-bond donors (Lipinski definition) is 1. The SMILES string of the molecule is O=C(NC1CCC1)c1cccc(S(=O)(=O)Cl)c1. The number of rotatable bonds is 3. The maximum Gasteiger partial charge on any atom is 0.261 e. The van der Waals surface area contributed by atoms with Crippen molar-refractivity contribution in [3.05, 3.63) is 29.8 Å². The van der Waals surface area contributed by atoms with E-state index in [0.717, 1.165) is 19.3 Å². The molecule has 0 aromatic heterocycles. The van der Waals surface area contributed by atoms with E-state index < -0.39 is 9.05 Å². The van der Waals surface area contributed by atoms with Crippen LogP contribution in [0.4, 0.5) is 0 Å². The molecular weight excluding hydrogens is 262 g/mol. The van der Waals surface area contributed by atoms with Crippen LogP contribution in [0.3, 0.4) is 0 Å². The third kappa shape index (κ3) is 2.98. The summed E-state index contributed by atoms with van der Waals surface area (Å²) < 4.78 is 22.3. The fourth-order valence-corrected chi connectivity index (χ4v) is 2.41. The Morgan fingerprint density at radius 3 is 2.59 bits per heavy atom. The van der Waals surface area contributed by atoms with Gasteiger partial charge < -0.3 is 5.32 Å². The van der Waals surface area contributed by atoms with E-state index in [1.807, 2.05) is 0 Å². The number of benzene rings is 1. The number of halogens is 1. The molecule has 1 aromatic rings. The van der Waals surface area contributed by atoms with E-state index in [-0.39, 0.29) is 16.8 Å². The second-order valence-electron chi connectivity index (χ2n) is 4.07. The molecule has 6 heteroatoms. The monoisotopic (exact) mass is 273 g/mol. The summed E-state index contributed by atoms with van der Waals surface area (Å²) in [5, 5.41) is 2.83. The molecule has 1 aliphatic rings. The standard InChI is InChI=1S/C11H12ClNO3S/c12-17(15,16)10-6-1-3-8(7-10)11(14)13-9-4-2-5-9/h1,3,6-7,9H,2,4-5H2,(H,13,14). The van der Waals surface area contributed by atoms with Gasteiger partial charge in [-0.25, -0.2) is 8.42 Å².